The van der Waals surface area contributed by atoms with Crippen LogP contribution in [0.4, 0.5) is 0 Å². The topological polar surface area (TPSA) is 138 Å². The minimum atomic E-state index is -1.55. The summed E-state index contributed by atoms with van der Waals surface area (Å²) in [5, 5.41) is 57.3. The van der Waals surface area contributed by atoms with E-state index in [1.54, 1.807) is 0 Å². The number of hydrogen-bond acceptors (Lipinski definition) is 7. The van der Waals surface area contributed by atoms with Gasteiger partial charge in [-0.05, 0) is 11.6 Å². The second-order valence-electron chi connectivity index (χ2n) is 4.61. The average Bonchev–Trinajstić information content (AvgIpc) is 2.43. The fraction of sp³-hybridized carbons (Fsp3) is 0.308. The summed E-state index contributed by atoms with van der Waals surface area (Å²) in [6.07, 6.45) is -0.684. The van der Waals surface area contributed by atoms with Crippen molar-refractivity contribution in [2.45, 2.75) is 25.0 Å². The lowest BCUT2D eigenvalue weighted by Gasteiger charge is -2.22. The van der Waals surface area contributed by atoms with Gasteiger partial charge in [0.15, 0.2) is 5.76 Å². The first kappa shape index (κ1) is 14.2. The van der Waals surface area contributed by atoms with Crippen molar-refractivity contribution in [1.82, 2.24) is 0 Å². The van der Waals surface area contributed by atoms with E-state index in [2.05, 4.69) is 0 Å². The predicted octanol–water partition coefficient (Wildman–Crippen LogP) is 0.593. The molecule has 0 aromatic carbocycles. The van der Waals surface area contributed by atoms with E-state index in [0.29, 0.717) is 0 Å². The molecular weight excluding hydrogens is 268 g/mol. The van der Waals surface area contributed by atoms with Gasteiger partial charge in [-0.2, -0.15) is 0 Å². The summed E-state index contributed by atoms with van der Waals surface area (Å²) in [7, 11) is 0. The van der Waals surface area contributed by atoms with Crippen LogP contribution in [0, 0.1) is 0 Å². The molecule has 108 valence electrons. The largest absolute Gasteiger partial charge is 0.510 e. The van der Waals surface area contributed by atoms with Gasteiger partial charge in [0, 0.05) is 18.4 Å². The van der Waals surface area contributed by atoms with E-state index in [-0.39, 0.29) is 29.7 Å². The van der Waals surface area contributed by atoms with Gasteiger partial charge >= 0.3 is 0 Å². The summed E-state index contributed by atoms with van der Waals surface area (Å²) in [5.41, 5.74) is 0.00837. The van der Waals surface area contributed by atoms with Crippen LogP contribution in [0.1, 0.15) is 12.8 Å². The van der Waals surface area contributed by atoms with Crippen molar-refractivity contribution in [1.29, 1.82) is 0 Å². The Morgan fingerprint density at radius 1 is 1.00 bits per heavy atom. The number of rotatable bonds is 1. The highest BCUT2D eigenvalue weighted by Gasteiger charge is 2.34. The second kappa shape index (κ2) is 5.03. The molecule has 0 saturated carbocycles. The third kappa shape index (κ3) is 2.28. The first-order valence-corrected chi connectivity index (χ1v) is 5.88. The molecule has 0 fully saturated rings. The molecule has 0 amide bonds. The number of aliphatic hydroxyl groups is 6. The molecule has 0 heterocycles. The molecule has 0 aromatic rings. The lowest BCUT2D eigenvalue weighted by atomic mass is 9.89. The fourth-order valence-corrected chi connectivity index (χ4v) is 2.06. The molecule has 6 N–H and O–H groups in total. The second-order valence-corrected chi connectivity index (χ2v) is 4.61. The highest BCUT2D eigenvalue weighted by molar-refractivity contribution is 5.99. The minimum absolute atomic E-state index is 0.101. The van der Waals surface area contributed by atoms with E-state index in [9.17, 15) is 35.4 Å². The first-order chi connectivity index (χ1) is 9.32. The van der Waals surface area contributed by atoms with Crippen LogP contribution >= 0.6 is 0 Å². The van der Waals surface area contributed by atoms with E-state index < -0.39 is 35.3 Å². The Bertz CT molecular complexity index is 580. The van der Waals surface area contributed by atoms with Gasteiger partial charge in [0.1, 0.15) is 23.7 Å². The summed E-state index contributed by atoms with van der Waals surface area (Å²) in [6.45, 7) is 0. The Labute approximate surface area is 113 Å². The van der Waals surface area contributed by atoms with E-state index in [0.717, 1.165) is 0 Å². The molecule has 0 aromatic heterocycles. The summed E-state index contributed by atoms with van der Waals surface area (Å²) in [6, 6.07) is 0. The Kier molecular flexibility index (Phi) is 3.56. The molecule has 2 rings (SSSR count). The van der Waals surface area contributed by atoms with Gasteiger partial charge in [-0.1, -0.05) is 6.08 Å². The predicted molar refractivity (Wildman–Crippen MR) is 67.0 cm³/mol. The van der Waals surface area contributed by atoms with Gasteiger partial charge in [0.25, 0.3) is 0 Å². The van der Waals surface area contributed by atoms with Crippen LogP contribution in [0.15, 0.2) is 46.3 Å². The maximum atomic E-state index is 11.3. The zero-order chi connectivity index (χ0) is 15.0. The first-order valence-electron chi connectivity index (χ1n) is 5.88. The smallest absolute Gasteiger partial charge is 0.229 e. The van der Waals surface area contributed by atoms with Crippen LogP contribution in [0.5, 0.6) is 0 Å². The van der Waals surface area contributed by atoms with Gasteiger partial charge in [-0.15, -0.1) is 0 Å². The molecular formula is C13H14O7. The van der Waals surface area contributed by atoms with Gasteiger partial charge in [0.2, 0.25) is 11.5 Å². The Balaban J connectivity index is 2.45. The Morgan fingerprint density at radius 2 is 1.65 bits per heavy atom. The Morgan fingerprint density at radius 3 is 2.25 bits per heavy atom. The molecule has 2 aliphatic carbocycles. The van der Waals surface area contributed by atoms with E-state index in [4.69, 9.17) is 0 Å². The summed E-state index contributed by atoms with van der Waals surface area (Å²) >= 11 is 0. The van der Waals surface area contributed by atoms with Gasteiger partial charge in [-0.25, -0.2) is 0 Å². The molecule has 7 nitrogen and oxygen atoms in total. The number of ketones is 1. The number of allylic oxidation sites excluding steroid dienone is 4. The average molecular weight is 282 g/mol. The van der Waals surface area contributed by atoms with Crippen LogP contribution in [-0.2, 0) is 4.79 Å². The lowest BCUT2D eigenvalue weighted by molar-refractivity contribution is -0.126. The van der Waals surface area contributed by atoms with Crippen molar-refractivity contribution in [3.63, 3.8) is 0 Å². The minimum Gasteiger partial charge on any atom is -0.510 e. The van der Waals surface area contributed by atoms with Crippen molar-refractivity contribution in [2.75, 3.05) is 0 Å². The fourth-order valence-electron chi connectivity index (χ4n) is 2.06. The van der Waals surface area contributed by atoms with E-state index in [1.165, 1.54) is 12.2 Å². The number of aliphatic hydroxyl groups excluding tert-OH is 6. The van der Waals surface area contributed by atoms with Crippen LogP contribution in [0.2, 0.25) is 0 Å². The summed E-state index contributed by atoms with van der Waals surface area (Å²) < 4.78 is 0. The molecule has 0 aliphatic heterocycles. The van der Waals surface area contributed by atoms with Crippen molar-refractivity contribution in [3.8, 4) is 0 Å². The molecule has 7 heteroatoms. The van der Waals surface area contributed by atoms with Gasteiger partial charge < -0.3 is 30.6 Å². The maximum Gasteiger partial charge on any atom is 0.229 e. The zero-order valence-electron chi connectivity index (χ0n) is 10.3. The third-order valence-corrected chi connectivity index (χ3v) is 3.24. The van der Waals surface area contributed by atoms with Crippen LogP contribution in [0.25, 0.3) is 0 Å². The van der Waals surface area contributed by atoms with Crippen LogP contribution in [0.3, 0.4) is 0 Å². The number of carbonyl (C=O) groups excluding carboxylic acids is 1. The van der Waals surface area contributed by atoms with E-state index >= 15 is 0 Å². The third-order valence-electron chi connectivity index (χ3n) is 3.24. The monoisotopic (exact) mass is 282 g/mol. The molecule has 0 spiro atoms. The van der Waals surface area contributed by atoms with Crippen molar-refractivity contribution >= 4 is 5.78 Å². The van der Waals surface area contributed by atoms with Crippen molar-refractivity contribution < 1.29 is 35.4 Å². The molecule has 2 atom stereocenters. The zero-order valence-corrected chi connectivity index (χ0v) is 10.3. The highest BCUT2D eigenvalue weighted by atomic mass is 16.3. The molecule has 2 aliphatic rings. The number of hydrogen-bond donors (Lipinski definition) is 6. The van der Waals surface area contributed by atoms with Crippen LogP contribution < -0.4 is 0 Å². The SMILES string of the molecule is O=C1C(O)=C(O)C(=C(O)C2=CC=C(O)C(O)C2)CC1O. The van der Waals surface area contributed by atoms with Crippen molar-refractivity contribution in [2.24, 2.45) is 0 Å². The number of Topliss-reactive ketones (excluding diaryl/α,β-unsaturated/α-hetero) is 1. The molecule has 0 radical (unpaired) electrons. The lowest BCUT2D eigenvalue weighted by Crippen LogP contribution is -2.29. The highest BCUT2D eigenvalue weighted by Crippen LogP contribution is 2.32. The number of carbonyl (C=O) groups is 1. The van der Waals surface area contributed by atoms with Gasteiger partial charge in [0.05, 0.1) is 0 Å². The van der Waals surface area contributed by atoms with Gasteiger partial charge in [-0.3, -0.25) is 4.79 Å². The van der Waals surface area contributed by atoms with Crippen molar-refractivity contribution in [3.05, 3.63) is 46.3 Å². The van der Waals surface area contributed by atoms with Crippen LogP contribution in [-0.4, -0.2) is 48.6 Å². The quantitative estimate of drug-likeness (QED) is 0.387. The summed E-state index contributed by atoms with van der Waals surface area (Å²) in [4.78, 5) is 11.3. The van der Waals surface area contributed by atoms with E-state index in [1.807, 2.05) is 0 Å². The molecule has 0 saturated heterocycles. The summed E-state index contributed by atoms with van der Waals surface area (Å²) in [5.74, 6) is -3.54. The standard InChI is InChI=1S/C13H14O7/c14-7-2-1-5(3-8(7)15)10(17)6-4-9(16)12(19)13(20)11(6)18/h1-2,8-9,14-18,20H,3-4H2. The normalized spacial score (nSPS) is 30.0. The maximum absolute atomic E-state index is 11.3. The molecule has 20 heavy (non-hydrogen) atoms. The molecule has 0 bridgehead atoms. The molecule has 2 unspecified atom stereocenters. The Hall–Kier alpha value is -2.25.